The van der Waals surface area contributed by atoms with Gasteiger partial charge < -0.3 is 10.3 Å². The van der Waals surface area contributed by atoms with Crippen LogP contribution in [0, 0.1) is 6.92 Å². The number of hydrogen-bond donors (Lipinski definition) is 1. The molecule has 1 aliphatic carbocycles. The molecule has 0 saturated heterocycles. The van der Waals surface area contributed by atoms with Crippen LogP contribution in [-0.4, -0.2) is 10.1 Å². The first kappa shape index (κ1) is 12.6. The van der Waals surface area contributed by atoms with Gasteiger partial charge in [0.05, 0.1) is 5.54 Å². The van der Waals surface area contributed by atoms with Gasteiger partial charge in [0.25, 0.3) is 5.89 Å². The minimum atomic E-state index is -0.422. The molecule has 5 heteroatoms. The quantitative estimate of drug-likeness (QED) is 0.913. The van der Waals surface area contributed by atoms with Crippen molar-refractivity contribution < 1.29 is 4.52 Å². The van der Waals surface area contributed by atoms with Gasteiger partial charge in [0, 0.05) is 10.6 Å². The third-order valence-corrected chi connectivity index (χ3v) is 4.27. The lowest BCUT2D eigenvalue weighted by Gasteiger charge is -2.17. The average Bonchev–Trinajstić information content (AvgIpc) is 3.02. The summed E-state index contributed by atoms with van der Waals surface area (Å²) in [6, 6.07) is 5.65. The summed E-state index contributed by atoms with van der Waals surface area (Å²) in [5.41, 5.74) is 7.72. The van der Waals surface area contributed by atoms with E-state index < -0.39 is 5.54 Å². The van der Waals surface area contributed by atoms with Crippen LogP contribution in [0.4, 0.5) is 0 Å². The van der Waals surface area contributed by atoms with Crippen LogP contribution in [0.2, 0.25) is 5.02 Å². The van der Waals surface area contributed by atoms with E-state index in [2.05, 4.69) is 10.1 Å². The topological polar surface area (TPSA) is 64.9 Å². The lowest BCUT2D eigenvalue weighted by molar-refractivity contribution is 0.372. The van der Waals surface area contributed by atoms with E-state index in [1.54, 1.807) is 0 Å². The molecule has 1 heterocycles. The standard InChI is InChI=1S/C14H16ClN3O/c1-9-10(5-4-6-11(9)15)12-17-13(18-19-12)14(16)7-2-3-8-14/h4-6H,2-3,7-8,16H2,1H3. The van der Waals surface area contributed by atoms with E-state index in [-0.39, 0.29) is 0 Å². The molecule has 1 aromatic heterocycles. The molecule has 0 unspecified atom stereocenters. The summed E-state index contributed by atoms with van der Waals surface area (Å²) in [4.78, 5) is 4.47. The third-order valence-electron chi connectivity index (χ3n) is 3.87. The molecule has 0 atom stereocenters. The van der Waals surface area contributed by atoms with Crippen molar-refractivity contribution in [3.8, 4) is 11.5 Å². The normalized spacial score (nSPS) is 17.8. The molecule has 0 radical (unpaired) electrons. The van der Waals surface area contributed by atoms with Crippen LogP contribution in [0.5, 0.6) is 0 Å². The Hall–Kier alpha value is -1.39. The van der Waals surface area contributed by atoms with Gasteiger partial charge in [0.2, 0.25) is 0 Å². The van der Waals surface area contributed by atoms with Crippen molar-refractivity contribution in [2.45, 2.75) is 38.1 Å². The summed E-state index contributed by atoms with van der Waals surface area (Å²) in [7, 11) is 0. The van der Waals surface area contributed by atoms with Crippen LogP contribution < -0.4 is 5.73 Å². The molecule has 0 bridgehead atoms. The fraction of sp³-hybridized carbons (Fsp3) is 0.429. The Balaban J connectivity index is 1.99. The maximum absolute atomic E-state index is 6.33. The molecule has 19 heavy (non-hydrogen) atoms. The van der Waals surface area contributed by atoms with Gasteiger partial charge in [0.1, 0.15) is 0 Å². The Morgan fingerprint density at radius 2 is 2.05 bits per heavy atom. The zero-order valence-corrected chi connectivity index (χ0v) is 11.6. The first-order valence-corrected chi connectivity index (χ1v) is 6.86. The number of aromatic nitrogens is 2. The molecule has 0 aliphatic heterocycles. The highest BCUT2D eigenvalue weighted by atomic mass is 35.5. The van der Waals surface area contributed by atoms with E-state index >= 15 is 0 Å². The van der Waals surface area contributed by atoms with Gasteiger partial charge in [-0.1, -0.05) is 35.7 Å². The number of nitrogens with two attached hydrogens (primary N) is 1. The molecular formula is C14H16ClN3O. The number of nitrogens with zero attached hydrogens (tertiary/aromatic N) is 2. The number of rotatable bonds is 2. The molecule has 0 amide bonds. The van der Waals surface area contributed by atoms with Crippen molar-refractivity contribution in [1.82, 2.24) is 10.1 Å². The molecule has 4 nitrogen and oxygen atoms in total. The zero-order valence-electron chi connectivity index (χ0n) is 10.8. The number of hydrogen-bond acceptors (Lipinski definition) is 4. The lowest BCUT2D eigenvalue weighted by atomic mass is 9.98. The van der Waals surface area contributed by atoms with Crippen LogP contribution in [0.15, 0.2) is 22.7 Å². The molecule has 1 aromatic carbocycles. The fourth-order valence-corrected chi connectivity index (χ4v) is 2.78. The van der Waals surface area contributed by atoms with E-state index in [1.165, 1.54) is 0 Å². The molecule has 100 valence electrons. The van der Waals surface area contributed by atoms with Gasteiger partial charge >= 0.3 is 0 Å². The first-order chi connectivity index (χ1) is 9.10. The molecule has 2 aromatic rings. The summed E-state index contributed by atoms with van der Waals surface area (Å²) < 4.78 is 5.36. The van der Waals surface area contributed by atoms with Crippen molar-refractivity contribution in [2.24, 2.45) is 5.73 Å². The molecule has 1 saturated carbocycles. The Morgan fingerprint density at radius 3 is 2.79 bits per heavy atom. The van der Waals surface area contributed by atoms with Gasteiger partial charge in [-0.3, -0.25) is 0 Å². The van der Waals surface area contributed by atoms with Crippen molar-refractivity contribution >= 4 is 11.6 Å². The van der Waals surface area contributed by atoms with Crippen LogP contribution in [-0.2, 0) is 5.54 Å². The predicted octanol–water partition coefficient (Wildman–Crippen LogP) is 3.43. The average molecular weight is 278 g/mol. The maximum Gasteiger partial charge on any atom is 0.258 e. The van der Waals surface area contributed by atoms with E-state index in [9.17, 15) is 0 Å². The van der Waals surface area contributed by atoms with Gasteiger partial charge in [-0.05, 0) is 37.5 Å². The molecule has 1 aliphatic rings. The molecular weight excluding hydrogens is 262 g/mol. The number of halogens is 1. The van der Waals surface area contributed by atoms with Gasteiger partial charge in [-0.15, -0.1) is 0 Å². The number of benzene rings is 1. The van der Waals surface area contributed by atoms with Crippen molar-refractivity contribution in [1.29, 1.82) is 0 Å². The first-order valence-electron chi connectivity index (χ1n) is 6.49. The minimum Gasteiger partial charge on any atom is -0.334 e. The fourth-order valence-electron chi connectivity index (χ4n) is 2.60. The second-order valence-electron chi connectivity index (χ2n) is 5.20. The zero-order chi connectivity index (χ0) is 13.5. The second kappa shape index (κ2) is 4.62. The summed E-state index contributed by atoms with van der Waals surface area (Å²) >= 11 is 6.11. The van der Waals surface area contributed by atoms with E-state index in [0.717, 1.165) is 36.8 Å². The van der Waals surface area contributed by atoms with Crippen molar-refractivity contribution in [3.05, 3.63) is 34.6 Å². The summed E-state index contributed by atoms with van der Waals surface area (Å²) in [5, 5.41) is 4.76. The molecule has 1 fully saturated rings. The minimum absolute atomic E-state index is 0.422. The predicted molar refractivity (Wildman–Crippen MR) is 73.8 cm³/mol. The second-order valence-corrected chi connectivity index (χ2v) is 5.61. The van der Waals surface area contributed by atoms with E-state index in [1.807, 2.05) is 25.1 Å². The highest BCUT2D eigenvalue weighted by Gasteiger charge is 2.36. The van der Waals surface area contributed by atoms with Crippen molar-refractivity contribution in [3.63, 3.8) is 0 Å². The van der Waals surface area contributed by atoms with Gasteiger partial charge in [0.15, 0.2) is 5.82 Å². The third kappa shape index (κ3) is 2.15. The smallest absolute Gasteiger partial charge is 0.258 e. The molecule has 2 N–H and O–H groups in total. The highest BCUT2D eigenvalue weighted by Crippen LogP contribution is 2.36. The molecule has 0 spiro atoms. The van der Waals surface area contributed by atoms with E-state index in [4.69, 9.17) is 21.9 Å². The monoisotopic (exact) mass is 277 g/mol. The van der Waals surface area contributed by atoms with Gasteiger partial charge in [-0.2, -0.15) is 4.98 Å². The van der Waals surface area contributed by atoms with Gasteiger partial charge in [-0.25, -0.2) is 0 Å². The lowest BCUT2D eigenvalue weighted by Crippen LogP contribution is -2.34. The van der Waals surface area contributed by atoms with Crippen LogP contribution in [0.3, 0.4) is 0 Å². The van der Waals surface area contributed by atoms with Crippen LogP contribution in [0.25, 0.3) is 11.5 Å². The van der Waals surface area contributed by atoms with Crippen molar-refractivity contribution in [2.75, 3.05) is 0 Å². The summed E-state index contributed by atoms with van der Waals surface area (Å²) in [6.07, 6.45) is 4.08. The van der Waals surface area contributed by atoms with Crippen LogP contribution in [0.1, 0.15) is 37.1 Å². The van der Waals surface area contributed by atoms with Crippen LogP contribution >= 0.6 is 11.6 Å². The highest BCUT2D eigenvalue weighted by molar-refractivity contribution is 6.31. The SMILES string of the molecule is Cc1c(Cl)cccc1-c1nc(C2(N)CCCC2)no1. The maximum atomic E-state index is 6.33. The Bertz CT molecular complexity index is 602. The molecule has 3 rings (SSSR count). The van der Waals surface area contributed by atoms with E-state index in [0.29, 0.717) is 16.7 Å². The summed E-state index contributed by atoms with van der Waals surface area (Å²) in [6.45, 7) is 1.94. The Kier molecular flexibility index (Phi) is 3.07. The summed E-state index contributed by atoms with van der Waals surface area (Å²) in [5.74, 6) is 1.10. The Morgan fingerprint density at radius 1 is 1.32 bits per heavy atom. The Labute approximate surface area is 117 Å². The largest absolute Gasteiger partial charge is 0.334 e.